The molecular weight excluding hydrogens is 334 g/mol. The number of anilines is 1. The number of ether oxygens (including phenoxy) is 1. The van der Waals surface area contributed by atoms with Crippen molar-refractivity contribution in [2.75, 3.05) is 24.7 Å². The maximum atomic E-state index is 11.4. The van der Waals surface area contributed by atoms with Crippen molar-refractivity contribution < 1.29 is 14.6 Å². The van der Waals surface area contributed by atoms with Crippen molar-refractivity contribution in [3.05, 3.63) is 9.98 Å². The SMILES string of the molecule is N#CC1(CN(C(=O)O)c2nc(Br)cs2)CCOCC1. The summed E-state index contributed by atoms with van der Waals surface area (Å²) in [6, 6.07) is 2.26. The third-order valence-electron chi connectivity index (χ3n) is 3.07. The van der Waals surface area contributed by atoms with Crippen LogP contribution >= 0.6 is 27.3 Å². The lowest BCUT2D eigenvalue weighted by Crippen LogP contribution is -2.43. The highest BCUT2D eigenvalue weighted by Gasteiger charge is 2.37. The zero-order chi connectivity index (χ0) is 13.9. The summed E-state index contributed by atoms with van der Waals surface area (Å²) < 4.78 is 5.84. The van der Waals surface area contributed by atoms with Gasteiger partial charge < -0.3 is 9.84 Å². The summed E-state index contributed by atoms with van der Waals surface area (Å²) in [6.45, 7) is 1.10. The molecule has 0 unspecified atom stereocenters. The molecule has 2 rings (SSSR count). The number of thiazole rings is 1. The predicted molar refractivity (Wildman–Crippen MR) is 73.3 cm³/mol. The lowest BCUT2D eigenvalue weighted by Gasteiger charge is -2.33. The standard InChI is InChI=1S/C11H12BrN3O3S/c12-8-5-19-9(14-8)15(10(16)17)7-11(6-13)1-3-18-4-2-11/h5H,1-4,7H2,(H,16,17). The van der Waals surface area contributed by atoms with Crippen LogP contribution in [0.15, 0.2) is 9.98 Å². The first-order chi connectivity index (χ1) is 9.06. The van der Waals surface area contributed by atoms with Crippen molar-refractivity contribution in [1.82, 2.24) is 4.98 Å². The number of hydrogen-bond acceptors (Lipinski definition) is 5. The van der Waals surface area contributed by atoms with E-state index in [1.54, 1.807) is 5.38 Å². The molecule has 6 nitrogen and oxygen atoms in total. The Hall–Kier alpha value is -1.17. The summed E-state index contributed by atoms with van der Waals surface area (Å²) in [5.74, 6) is 0. The van der Waals surface area contributed by atoms with Crippen molar-refractivity contribution in [2.24, 2.45) is 5.41 Å². The van der Waals surface area contributed by atoms with Crippen molar-refractivity contribution in [2.45, 2.75) is 12.8 Å². The Morgan fingerprint density at radius 3 is 2.84 bits per heavy atom. The summed E-state index contributed by atoms with van der Waals surface area (Å²) in [5, 5.41) is 20.8. The zero-order valence-corrected chi connectivity index (χ0v) is 12.4. The Morgan fingerprint density at radius 2 is 2.37 bits per heavy atom. The molecular formula is C11H12BrN3O3S. The molecule has 0 bridgehead atoms. The minimum absolute atomic E-state index is 0.127. The van der Waals surface area contributed by atoms with E-state index >= 15 is 0 Å². The van der Waals surface area contributed by atoms with Crippen LogP contribution in [-0.2, 0) is 4.74 Å². The lowest BCUT2D eigenvalue weighted by molar-refractivity contribution is 0.0431. The summed E-state index contributed by atoms with van der Waals surface area (Å²) in [4.78, 5) is 16.6. The quantitative estimate of drug-likeness (QED) is 0.909. The van der Waals surface area contributed by atoms with Gasteiger partial charge in [-0.1, -0.05) is 0 Å². The molecule has 1 fully saturated rings. The van der Waals surface area contributed by atoms with E-state index in [4.69, 9.17) is 4.74 Å². The van der Waals surface area contributed by atoms with Crippen LogP contribution in [0.4, 0.5) is 9.93 Å². The number of nitriles is 1. The normalized spacial score (nSPS) is 17.7. The second-order valence-electron chi connectivity index (χ2n) is 4.33. The number of nitrogens with zero attached hydrogens (tertiary/aromatic N) is 3. The number of hydrogen-bond donors (Lipinski definition) is 1. The van der Waals surface area contributed by atoms with Crippen molar-refractivity contribution in [3.63, 3.8) is 0 Å². The minimum Gasteiger partial charge on any atom is -0.465 e. The maximum Gasteiger partial charge on any atom is 0.413 e. The number of carboxylic acid groups (broad SMARTS) is 1. The molecule has 1 aromatic rings. The highest BCUT2D eigenvalue weighted by Crippen LogP contribution is 2.33. The first-order valence-electron chi connectivity index (χ1n) is 5.67. The van der Waals surface area contributed by atoms with Gasteiger partial charge in [-0.15, -0.1) is 11.3 Å². The van der Waals surface area contributed by atoms with Crippen LogP contribution in [0.5, 0.6) is 0 Å². The highest BCUT2D eigenvalue weighted by molar-refractivity contribution is 9.10. The Morgan fingerprint density at radius 1 is 1.68 bits per heavy atom. The fourth-order valence-corrected chi connectivity index (χ4v) is 3.20. The summed E-state index contributed by atoms with van der Waals surface area (Å²) in [5.41, 5.74) is -0.686. The Balaban J connectivity index is 2.21. The molecule has 1 aromatic heterocycles. The van der Waals surface area contributed by atoms with Gasteiger partial charge in [0.05, 0.1) is 18.0 Å². The molecule has 102 valence electrons. The van der Waals surface area contributed by atoms with E-state index in [0.717, 1.165) is 4.90 Å². The van der Waals surface area contributed by atoms with Crippen LogP contribution in [-0.4, -0.2) is 35.9 Å². The Kier molecular flexibility index (Phi) is 4.39. The van der Waals surface area contributed by atoms with E-state index in [1.807, 2.05) is 0 Å². The van der Waals surface area contributed by atoms with Crippen LogP contribution in [0.1, 0.15) is 12.8 Å². The molecule has 1 saturated heterocycles. The molecule has 0 aromatic carbocycles. The lowest BCUT2D eigenvalue weighted by atomic mass is 9.81. The Labute approximate surface area is 122 Å². The van der Waals surface area contributed by atoms with E-state index < -0.39 is 11.5 Å². The van der Waals surface area contributed by atoms with Gasteiger partial charge in [0.2, 0.25) is 0 Å². The van der Waals surface area contributed by atoms with Gasteiger partial charge in [-0.2, -0.15) is 5.26 Å². The molecule has 1 N–H and O–H groups in total. The number of amides is 1. The van der Waals surface area contributed by atoms with E-state index in [9.17, 15) is 15.2 Å². The third-order valence-corrected chi connectivity index (χ3v) is 4.65. The molecule has 1 aliphatic heterocycles. The van der Waals surface area contributed by atoms with Crippen LogP contribution in [0, 0.1) is 16.7 Å². The van der Waals surface area contributed by atoms with Gasteiger partial charge in [0.15, 0.2) is 5.13 Å². The molecule has 0 radical (unpaired) electrons. The second kappa shape index (κ2) is 5.86. The molecule has 0 atom stereocenters. The van der Waals surface area contributed by atoms with Crippen molar-refractivity contribution >= 4 is 38.5 Å². The largest absolute Gasteiger partial charge is 0.465 e. The van der Waals surface area contributed by atoms with Crippen LogP contribution in [0.2, 0.25) is 0 Å². The third kappa shape index (κ3) is 3.23. The molecule has 0 saturated carbocycles. The fourth-order valence-electron chi connectivity index (χ4n) is 1.96. The molecule has 1 amide bonds. The van der Waals surface area contributed by atoms with Crippen molar-refractivity contribution in [3.8, 4) is 6.07 Å². The topological polar surface area (TPSA) is 86.5 Å². The van der Waals surface area contributed by atoms with E-state index in [2.05, 4.69) is 27.0 Å². The number of rotatable bonds is 3. The van der Waals surface area contributed by atoms with E-state index in [1.165, 1.54) is 11.3 Å². The summed E-state index contributed by atoms with van der Waals surface area (Å²) in [6.07, 6.45) is -0.0115. The molecule has 19 heavy (non-hydrogen) atoms. The average Bonchev–Trinajstić information content (AvgIpc) is 2.83. The molecule has 0 spiro atoms. The highest BCUT2D eigenvalue weighted by atomic mass is 79.9. The average molecular weight is 346 g/mol. The first-order valence-corrected chi connectivity index (χ1v) is 7.34. The molecule has 0 aliphatic carbocycles. The van der Waals surface area contributed by atoms with Crippen LogP contribution in [0.3, 0.4) is 0 Å². The van der Waals surface area contributed by atoms with E-state index in [-0.39, 0.29) is 6.54 Å². The fraction of sp³-hybridized carbons (Fsp3) is 0.545. The van der Waals surface area contributed by atoms with Crippen LogP contribution < -0.4 is 4.90 Å². The molecule has 1 aliphatic rings. The maximum absolute atomic E-state index is 11.4. The van der Waals surface area contributed by atoms with Gasteiger partial charge in [-0.3, -0.25) is 4.90 Å². The number of halogens is 1. The molecule has 8 heteroatoms. The van der Waals surface area contributed by atoms with Gasteiger partial charge >= 0.3 is 6.09 Å². The number of aromatic nitrogens is 1. The number of carbonyl (C=O) groups is 1. The van der Waals surface area contributed by atoms with Crippen LogP contribution in [0.25, 0.3) is 0 Å². The van der Waals surface area contributed by atoms with Gasteiger partial charge in [-0.05, 0) is 28.8 Å². The second-order valence-corrected chi connectivity index (χ2v) is 5.98. The summed E-state index contributed by atoms with van der Waals surface area (Å²) >= 11 is 4.43. The van der Waals surface area contributed by atoms with Gasteiger partial charge in [0.1, 0.15) is 4.60 Å². The molecule has 2 heterocycles. The Bertz CT molecular complexity index is 508. The zero-order valence-electron chi connectivity index (χ0n) is 10.0. The van der Waals surface area contributed by atoms with Gasteiger partial charge in [0.25, 0.3) is 0 Å². The summed E-state index contributed by atoms with van der Waals surface area (Å²) in [7, 11) is 0. The smallest absolute Gasteiger partial charge is 0.413 e. The van der Waals surface area contributed by atoms with Gasteiger partial charge in [-0.25, -0.2) is 9.78 Å². The van der Waals surface area contributed by atoms with E-state index in [0.29, 0.717) is 35.8 Å². The first kappa shape index (κ1) is 14.2. The predicted octanol–water partition coefficient (Wildman–Crippen LogP) is 2.71. The monoisotopic (exact) mass is 345 g/mol. The minimum atomic E-state index is -1.09. The van der Waals surface area contributed by atoms with Gasteiger partial charge in [0, 0.05) is 18.6 Å². The van der Waals surface area contributed by atoms with Crippen molar-refractivity contribution in [1.29, 1.82) is 5.26 Å².